The van der Waals surface area contributed by atoms with Crippen molar-refractivity contribution in [1.82, 2.24) is 9.62 Å². The van der Waals surface area contributed by atoms with Crippen molar-refractivity contribution in [3.8, 4) is 11.5 Å². The standard InChI is InChI=1S/C38H37ClN2O5S/c1-45-35-17-12-31(13-18-35)26-40-47(43,44)36-19-14-29(15-20-36)22-23-41(38(42)24-30-8-4-2-5-9-30)27-33-25-34(39)16-21-37(33)46-28-32-10-6-3-7-11-32/h2-21,25,40H,22-24,26-28H2,1H3. The summed E-state index contributed by atoms with van der Waals surface area (Å²) in [6.45, 7) is 1.26. The Kier molecular flexibility index (Phi) is 11.7. The fraction of sp³-hybridized carbons (Fsp3) is 0.184. The highest BCUT2D eigenvalue weighted by Gasteiger charge is 2.19. The Bertz CT molecular complexity index is 1850. The van der Waals surface area contributed by atoms with Crippen LogP contribution in [-0.2, 0) is 47.4 Å². The average molecular weight is 669 g/mol. The van der Waals surface area contributed by atoms with Crippen molar-refractivity contribution in [2.75, 3.05) is 13.7 Å². The molecule has 0 unspecified atom stereocenters. The topological polar surface area (TPSA) is 84.9 Å². The number of benzene rings is 5. The first-order valence-electron chi connectivity index (χ1n) is 15.3. The zero-order valence-electron chi connectivity index (χ0n) is 26.1. The van der Waals surface area contributed by atoms with Crippen molar-refractivity contribution in [2.24, 2.45) is 0 Å². The largest absolute Gasteiger partial charge is 0.497 e. The second-order valence-electron chi connectivity index (χ2n) is 11.1. The Morgan fingerprint density at radius 3 is 2.06 bits per heavy atom. The molecule has 0 saturated carbocycles. The van der Waals surface area contributed by atoms with E-state index in [4.69, 9.17) is 21.1 Å². The monoisotopic (exact) mass is 668 g/mol. The molecule has 7 nitrogen and oxygen atoms in total. The second-order valence-corrected chi connectivity index (χ2v) is 13.3. The maximum Gasteiger partial charge on any atom is 0.240 e. The van der Waals surface area contributed by atoms with E-state index in [1.807, 2.05) is 84.9 Å². The molecule has 0 bridgehead atoms. The summed E-state index contributed by atoms with van der Waals surface area (Å²) < 4.78 is 39.9. The molecule has 0 aliphatic heterocycles. The van der Waals surface area contributed by atoms with Crippen molar-refractivity contribution >= 4 is 27.5 Å². The second kappa shape index (κ2) is 16.3. The van der Waals surface area contributed by atoms with Crippen LogP contribution in [0.5, 0.6) is 11.5 Å². The molecule has 0 aliphatic carbocycles. The Morgan fingerprint density at radius 2 is 1.40 bits per heavy atom. The van der Waals surface area contributed by atoms with Crippen LogP contribution in [0.25, 0.3) is 0 Å². The van der Waals surface area contributed by atoms with Gasteiger partial charge in [0, 0.05) is 30.2 Å². The van der Waals surface area contributed by atoms with E-state index in [1.165, 1.54) is 0 Å². The minimum atomic E-state index is -3.72. The number of rotatable bonds is 15. The summed E-state index contributed by atoms with van der Waals surface area (Å²) in [5.74, 6) is 1.33. The summed E-state index contributed by atoms with van der Waals surface area (Å²) in [7, 11) is -2.13. The van der Waals surface area contributed by atoms with E-state index in [1.54, 1.807) is 54.5 Å². The maximum atomic E-state index is 13.7. The van der Waals surface area contributed by atoms with Gasteiger partial charge < -0.3 is 14.4 Å². The van der Waals surface area contributed by atoms with E-state index in [0.717, 1.165) is 27.8 Å². The Balaban J connectivity index is 1.28. The van der Waals surface area contributed by atoms with Crippen molar-refractivity contribution in [3.63, 3.8) is 0 Å². The van der Waals surface area contributed by atoms with Crippen LogP contribution in [0.1, 0.15) is 27.8 Å². The molecule has 5 aromatic carbocycles. The van der Waals surface area contributed by atoms with Gasteiger partial charge >= 0.3 is 0 Å². The van der Waals surface area contributed by atoms with E-state index in [2.05, 4.69) is 4.72 Å². The highest BCUT2D eigenvalue weighted by Crippen LogP contribution is 2.26. The molecule has 0 aromatic heterocycles. The molecule has 0 aliphatic rings. The van der Waals surface area contributed by atoms with E-state index >= 15 is 0 Å². The predicted octanol–water partition coefficient (Wildman–Crippen LogP) is 7.22. The van der Waals surface area contributed by atoms with Crippen LogP contribution in [0.3, 0.4) is 0 Å². The molecule has 0 atom stereocenters. The van der Waals surface area contributed by atoms with Crippen LogP contribution in [-0.4, -0.2) is 32.9 Å². The quantitative estimate of drug-likeness (QED) is 0.127. The maximum absolute atomic E-state index is 13.7. The van der Waals surface area contributed by atoms with Gasteiger partial charge in [0.1, 0.15) is 18.1 Å². The minimum absolute atomic E-state index is 0.0351. The van der Waals surface area contributed by atoms with Crippen LogP contribution in [0.4, 0.5) is 0 Å². The Labute approximate surface area is 281 Å². The van der Waals surface area contributed by atoms with Gasteiger partial charge in [0.05, 0.1) is 18.4 Å². The number of nitrogens with zero attached hydrogens (tertiary/aromatic N) is 1. The predicted molar refractivity (Wildman–Crippen MR) is 185 cm³/mol. The molecule has 0 heterocycles. The summed E-state index contributed by atoms with van der Waals surface area (Å²) in [6, 6.07) is 38.9. The highest BCUT2D eigenvalue weighted by molar-refractivity contribution is 7.89. The average Bonchev–Trinajstić information content (AvgIpc) is 3.10. The molecular formula is C38H37ClN2O5S. The zero-order chi connectivity index (χ0) is 33.1. The Hall–Kier alpha value is -4.63. The summed E-state index contributed by atoms with van der Waals surface area (Å²) >= 11 is 6.40. The van der Waals surface area contributed by atoms with E-state index in [9.17, 15) is 13.2 Å². The summed E-state index contributed by atoms with van der Waals surface area (Å²) in [4.78, 5) is 15.7. The SMILES string of the molecule is COc1ccc(CNS(=O)(=O)c2ccc(CCN(Cc3cc(Cl)ccc3OCc3ccccc3)C(=O)Cc3ccccc3)cc2)cc1. The zero-order valence-corrected chi connectivity index (χ0v) is 27.7. The lowest BCUT2D eigenvalue weighted by atomic mass is 10.1. The van der Waals surface area contributed by atoms with Crippen molar-refractivity contribution in [3.05, 3.63) is 160 Å². The van der Waals surface area contributed by atoms with Gasteiger partial charge in [0.2, 0.25) is 15.9 Å². The van der Waals surface area contributed by atoms with Gasteiger partial charge in [-0.1, -0.05) is 96.5 Å². The molecule has 0 saturated heterocycles. The van der Waals surface area contributed by atoms with Gasteiger partial charge in [-0.25, -0.2) is 13.1 Å². The number of methoxy groups -OCH3 is 1. The lowest BCUT2D eigenvalue weighted by Gasteiger charge is -2.25. The van der Waals surface area contributed by atoms with Crippen molar-refractivity contribution < 1.29 is 22.7 Å². The van der Waals surface area contributed by atoms with Crippen molar-refractivity contribution in [2.45, 2.75) is 37.4 Å². The molecule has 1 amide bonds. The van der Waals surface area contributed by atoms with Crippen LogP contribution >= 0.6 is 11.6 Å². The van der Waals surface area contributed by atoms with Crippen LogP contribution in [0, 0.1) is 0 Å². The Morgan fingerprint density at radius 1 is 0.766 bits per heavy atom. The van der Waals surface area contributed by atoms with Crippen LogP contribution < -0.4 is 14.2 Å². The smallest absolute Gasteiger partial charge is 0.240 e. The molecule has 0 fully saturated rings. The lowest BCUT2D eigenvalue weighted by molar-refractivity contribution is -0.131. The molecule has 0 spiro atoms. The summed E-state index contributed by atoms with van der Waals surface area (Å²) in [6.07, 6.45) is 0.777. The molecule has 47 heavy (non-hydrogen) atoms. The van der Waals surface area contributed by atoms with E-state index in [0.29, 0.717) is 42.6 Å². The third-order valence-corrected chi connectivity index (χ3v) is 9.35. The van der Waals surface area contributed by atoms with Gasteiger partial charge in [0.25, 0.3) is 0 Å². The van der Waals surface area contributed by atoms with Gasteiger partial charge in [-0.15, -0.1) is 0 Å². The number of sulfonamides is 1. The minimum Gasteiger partial charge on any atom is -0.497 e. The molecular weight excluding hydrogens is 632 g/mol. The first kappa shape index (κ1) is 33.7. The number of hydrogen-bond acceptors (Lipinski definition) is 5. The fourth-order valence-electron chi connectivity index (χ4n) is 5.03. The molecule has 9 heteroatoms. The third kappa shape index (κ3) is 9.93. The number of amides is 1. The van der Waals surface area contributed by atoms with Crippen LogP contribution in [0.2, 0.25) is 5.02 Å². The fourth-order valence-corrected chi connectivity index (χ4v) is 6.24. The van der Waals surface area contributed by atoms with E-state index < -0.39 is 10.0 Å². The van der Waals surface area contributed by atoms with Crippen LogP contribution in [0.15, 0.2) is 132 Å². The molecule has 5 rings (SSSR count). The van der Waals surface area contributed by atoms with Gasteiger partial charge in [-0.05, 0) is 71.1 Å². The number of carbonyl (C=O) groups is 1. The molecule has 5 aromatic rings. The van der Waals surface area contributed by atoms with Gasteiger partial charge in [0.15, 0.2) is 0 Å². The number of hydrogen-bond donors (Lipinski definition) is 1. The number of nitrogens with one attached hydrogen (secondary N) is 1. The number of ether oxygens (including phenoxy) is 2. The molecule has 1 N–H and O–H groups in total. The summed E-state index contributed by atoms with van der Waals surface area (Å²) in [5, 5.41) is 0.555. The first-order valence-corrected chi connectivity index (χ1v) is 17.1. The first-order chi connectivity index (χ1) is 22.8. The normalized spacial score (nSPS) is 11.2. The highest BCUT2D eigenvalue weighted by atomic mass is 35.5. The molecule has 0 radical (unpaired) electrons. The molecule has 242 valence electrons. The van der Waals surface area contributed by atoms with Crippen molar-refractivity contribution in [1.29, 1.82) is 0 Å². The number of halogens is 1. The lowest BCUT2D eigenvalue weighted by Crippen LogP contribution is -2.34. The van der Waals surface area contributed by atoms with Gasteiger partial charge in [-0.2, -0.15) is 0 Å². The van der Waals surface area contributed by atoms with Gasteiger partial charge in [-0.3, -0.25) is 4.79 Å². The third-order valence-electron chi connectivity index (χ3n) is 7.70. The summed E-state index contributed by atoms with van der Waals surface area (Å²) in [5.41, 5.74) is 4.49. The van der Waals surface area contributed by atoms with E-state index in [-0.39, 0.29) is 23.8 Å². The number of carbonyl (C=O) groups excluding carboxylic acids is 1.